The van der Waals surface area contributed by atoms with Gasteiger partial charge in [0.1, 0.15) is 11.9 Å². The minimum absolute atomic E-state index is 0.147. The Balaban J connectivity index is 1.65. The molecule has 0 saturated heterocycles. The van der Waals surface area contributed by atoms with Gasteiger partial charge in [0.05, 0.1) is 25.2 Å². The molecule has 160 valence electrons. The van der Waals surface area contributed by atoms with Gasteiger partial charge in [-0.2, -0.15) is 0 Å². The molecule has 0 spiro atoms. The van der Waals surface area contributed by atoms with Gasteiger partial charge >= 0.3 is 5.97 Å². The fourth-order valence-electron chi connectivity index (χ4n) is 2.92. The van der Waals surface area contributed by atoms with Crippen LogP contribution in [-0.2, 0) is 19.2 Å². The number of carbonyl (C=O) groups excluding carboxylic acids is 2. The maximum atomic E-state index is 12.1. The van der Waals surface area contributed by atoms with E-state index in [-0.39, 0.29) is 36.9 Å². The molecule has 8 nitrogen and oxygen atoms in total. The van der Waals surface area contributed by atoms with Crippen LogP contribution in [0.15, 0.2) is 29.6 Å². The number of carbonyl (C=O) groups is 2. The molecular formula is C19H27IN4O4S. The van der Waals surface area contributed by atoms with E-state index < -0.39 is 0 Å². The van der Waals surface area contributed by atoms with Crippen LogP contribution < -0.4 is 9.62 Å². The second kappa shape index (κ2) is 12.9. The molecule has 1 aliphatic heterocycles. The lowest BCUT2D eigenvalue weighted by molar-refractivity contribution is -0.143. The van der Waals surface area contributed by atoms with Gasteiger partial charge in [0.2, 0.25) is 5.91 Å². The molecule has 2 rings (SSSR count). The maximum Gasteiger partial charge on any atom is 0.307 e. The van der Waals surface area contributed by atoms with Gasteiger partial charge in [-0.15, -0.1) is 0 Å². The minimum atomic E-state index is -0.313. The highest BCUT2D eigenvalue weighted by Crippen LogP contribution is 2.26. The monoisotopic (exact) mass is 534 g/mol. The molecular weight excluding hydrogens is 507 g/mol. The molecule has 0 saturated carbocycles. The van der Waals surface area contributed by atoms with E-state index in [1.54, 1.807) is 29.2 Å². The Labute approximate surface area is 187 Å². The first-order valence-electron chi connectivity index (χ1n) is 9.65. The molecule has 2 unspecified atom stereocenters. The topological polar surface area (TPSA) is 93.1 Å². The van der Waals surface area contributed by atoms with Gasteiger partial charge in [0.15, 0.2) is 0 Å². The minimum Gasteiger partial charge on any atom is -0.466 e. The summed E-state index contributed by atoms with van der Waals surface area (Å²) in [5.41, 5.74) is 0.974. The van der Waals surface area contributed by atoms with Crippen LogP contribution in [0.5, 0.6) is 0 Å². The molecule has 0 aliphatic carbocycles. The van der Waals surface area contributed by atoms with Gasteiger partial charge < -0.3 is 14.9 Å². The highest BCUT2D eigenvalue weighted by Gasteiger charge is 2.24. The van der Waals surface area contributed by atoms with Crippen molar-refractivity contribution < 1.29 is 19.2 Å². The predicted molar refractivity (Wildman–Crippen MR) is 123 cm³/mol. The number of amides is 1. The molecule has 0 radical (unpaired) electrons. The summed E-state index contributed by atoms with van der Waals surface area (Å²) in [7, 11) is 1.61. The van der Waals surface area contributed by atoms with Crippen molar-refractivity contribution in [3.05, 3.63) is 24.4 Å². The Kier molecular flexibility index (Phi) is 10.5. The molecule has 10 heteroatoms. The Morgan fingerprint density at radius 3 is 3.00 bits per heavy atom. The summed E-state index contributed by atoms with van der Waals surface area (Å²) in [4.78, 5) is 33.4. The van der Waals surface area contributed by atoms with Gasteiger partial charge in [0, 0.05) is 55.5 Å². The SMILES string of the molecule is CCOC(=O)CC(C)NC(=O)CC1CC(CCCN(SI)c2ccccn2)=NO1. The third-order valence-electron chi connectivity index (χ3n) is 4.21. The summed E-state index contributed by atoms with van der Waals surface area (Å²) in [6.45, 7) is 4.73. The number of pyridine rings is 1. The molecule has 2 atom stereocenters. The van der Waals surface area contributed by atoms with Crippen LogP contribution in [0.1, 0.15) is 46.0 Å². The van der Waals surface area contributed by atoms with Gasteiger partial charge in [-0.25, -0.2) is 4.98 Å². The number of rotatable bonds is 12. The average molecular weight is 534 g/mol. The summed E-state index contributed by atoms with van der Waals surface area (Å²) in [5, 5.41) is 6.94. The van der Waals surface area contributed by atoms with Crippen molar-refractivity contribution >= 4 is 53.7 Å². The molecule has 2 heterocycles. The molecule has 1 aromatic heterocycles. The van der Waals surface area contributed by atoms with Gasteiger partial charge in [0.25, 0.3) is 0 Å². The van der Waals surface area contributed by atoms with E-state index in [1.165, 1.54) is 0 Å². The molecule has 0 bridgehead atoms. The Morgan fingerprint density at radius 2 is 2.31 bits per heavy atom. The van der Waals surface area contributed by atoms with E-state index in [1.807, 2.05) is 18.2 Å². The Morgan fingerprint density at radius 1 is 1.48 bits per heavy atom. The molecule has 1 aromatic rings. The number of nitrogens with zero attached hydrogens (tertiary/aromatic N) is 3. The van der Waals surface area contributed by atoms with Crippen LogP contribution in [-0.4, -0.2) is 47.9 Å². The largest absolute Gasteiger partial charge is 0.466 e. The second-order valence-corrected chi connectivity index (χ2v) is 8.49. The predicted octanol–water partition coefficient (Wildman–Crippen LogP) is 3.66. The van der Waals surface area contributed by atoms with Crippen molar-refractivity contribution in [3.63, 3.8) is 0 Å². The molecule has 29 heavy (non-hydrogen) atoms. The summed E-state index contributed by atoms with van der Waals surface area (Å²) in [5.74, 6) is 0.473. The first-order chi connectivity index (χ1) is 14.0. The van der Waals surface area contributed by atoms with Crippen molar-refractivity contribution in [1.29, 1.82) is 0 Å². The van der Waals surface area contributed by atoms with Gasteiger partial charge in [-0.05, 0) is 38.8 Å². The maximum absolute atomic E-state index is 12.1. The first-order valence-corrected chi connectivity index (χ1v) is 13.0. The van der Waals surface area contributed by atoms with Crippen LogP contribution in [0.3, 0.4) is 0 Å². The zero-order valence-corrected chi connectivity index (χ0v) is 19.6. The van der Waals surface area contributed by atoms with E-state index in [9.17, 15) is 9.59 Å². The summed E-state index contributed by atoms with van der Waals surface area (Å²) < 4.78 is 7.02. The van der Waals surface area contributed by atoms with E-state index >= 15 is 0 Å². The lowest BCUT2D eigenvalue weighted by atomic mass is 10.1. The lowest BCUT2D eigenvalue weighted by Gasteiger charge is -2.18. The van der Waals surface area contributed by atoms with Crippen LogP contribution >= 0.6 is 30.3 Å². The van der Waals surface area contributed by atoms with Crippen LogP contribution in [0.4, 0.5) is 5.82 Å². The normalized spacial score (nSPS) is 16.5. The fraction of sp³-hybridized carbons (Fsp3) is 0.579. The highest BCUT2D eigenvalue weighted by molar-refractivity contribution is 14.2. The average Bonchev–Trinajstić information content (AvgIpc) is 3.12. The second-order valence-electron chi connectivity index (χ2n) is 6.73. The molecule has 1 N–H and O–H groups in total. The zero-order chi connectivity index (χ0) is 21.1. The van der Waals surface area contributed by atoms with E-state index in [4.69, 9.17) is 9.57 Å². The third kappa shape index (κ3) is 8.77. The lowest BCUT2D eigenvalue weighted by Crippen LogP contribution is -2.36. The number of oxime groups is 1. The van der Waals surface area contributed by atoms with Crippen molar-refractivity contribution in [2.24, 2.45) is 5.16 Å². The quantitative estimate of drug-likeness (QED) is 0.249. The standard InChI is InChI=1S/C19H27IN4O4S/c1-3-27-19(26)11-14(2)22-18(25)13-16-12-15(23-28-16)7-6-10-24(29-20)17-8-4-5-9-21-17/h4-5,8-9,14,16H,3,6-7,10-13H2,1-2H3,(H,22,25). The van der Waals surface area contributed by atoms with E-state index in [0.717, 1.165) is 30.9 Å². The van der Waals surface area contributed by atoms with Crippen molar-refractivity contribution in [2.75, 3.05) is 17.5 Å². The number of esters is 1. The smallest absolute Gasteiger partial charge is 0.307 e. The number of nitrogens with one attached hydrogen (secondary N) is 1. The van der Waals surface area contributed by atoms with Crippen molar-refractivity contribution in [2.45, 2.75) is 58.1 Å². The van der Waals surface area contributed by atoms with Crippen LogP contribution in [0, 0.1) is 0 Å². The number of anilines is 1. The fourth-order valence-corrected chi connectivity index (χ4v) is 4.49. The van der Waals surface area contributed by atoms with Crippen molar-refractivity contribution in [1.82, 2.24) is 10.3 Å². The molecule has 0 fully saturated rings. The summed E-state index contributed by atoms with van der Waals surface area (Å²) >= 11 is 2.25. The number of aromatic nitrogens is 1. The van der Waals surface area contributed by atoms with E-state index in [0.29, 0.717) is 13.0 Å². The first kappa shape index (κ1) is 23.7. The molecule has 0 aromatic carbocycles. The van der Waals surface area contributed by atoms with Gasteiger partial charge in [-0.3, -0.25) is 13.9 Å². The highest BCUT2D eigenvalue weighted by atomic mass is 127. The number of halogens is 1. The number of hydrogen-bond donors (Lipinski definition) is 1. The molecule has 1 aliphatic rings. The number of ether oxygens (including phenoxy) is 1. The zero-order valence-electron chi connectivity index (χ0n) is 16.7. The summed E-state index contributed by atoms with van der Waals surface area (Å²) in [6, 6.07) is 5.59. The van der Waals surface area contributed by atoms with Crippen LogP contribution in [0.2, 0.25) is 0 Å². The van der Waals surface area contributed by atoms with Crippen LogP contribution in [0.25, 0.3) is 0 Å². The molecule has 1 amide bonds. The third-order valence-corrected chi connectivity index (χ3v) is 6.17. The summed E-state index contributed by atoms with van der Waals surface area (Å²) in [6.07, 6.45) is 4.32. The van der Waals surface area contributed by atoms with Gasteiger partial charge in [-0.1, -0.05) is 11.2 Å². The Hall–Kier alpha value is -1.56. The number of hydrogen-bond acceptors (Lipinski definition) is 8. The Bertz CT molecular complexity index is 692. The van der Waals surface area contributed by atoms with E-state index in [2.05, 4.69) is 41.0 Å². The van der Waals surface area contributed by atoms with Crippen molar-refractivity contribution in [3.8, 4) is 0 Å².